The second-order valence-electron chi connectivity index (χ2n) is 6.70. The molecule has 0 saturated heterocycles. The topological polar surface area (TPSA) is 97.6 Å². The molecular formula is C23H22N2O5. The molecule has 0 aliphatic rings. The Bertz CT molecular complexity index is 1050. The van der Waals surface area contributed by atoms with Crippen molar-refractivity contribution in [3.63, 3.8) is 0 Å². The van der Waals surface area contributed by atoms with E-state index in [-0.39, 0.29) is 5.70 Å². The molecule has 2 N–H and O–H groups in total. The highest BCUT2D eigenvalue weighted by atomic mass is 16.5. The van der Waals surface area contributed by atoms with E-state index in [0.29, 0.717) is 11.3 Å². The fourth-order valence-corrected chi connectivity index (χ4v) is 2.83. The van der Waals surface area contributed by atoms with Gasteiger partial charge >= 0.3 is 5.97 Å². The molecule has 0 bridgehead atoms. The Balaban J connectivity index is 1.59. The number of para-hydroxylation sites is 1. The smallest absolute Gasteiger partial charge is 0.355 e. The highest BCUT2D eigenvalue weighted by Gasteiger charge is 2.18. The van der Waals surface area contributed by atoms with Gasteiger partial charge in [0.15, 0.2) is 6.61 Å². The number of ether oxygens (including phenoxy) is 1. The predicted octanol–water partition coefficient (Wildman–Crippen LogP) is 3.33. The van der Waals surface area contributed by atoms with Gasteiger partial charge in [0.2, 0.25) is 5.91 Å². The van der Waals surface area contributed by atoms with E-state index in [1.165, 1.54) is 13.0 Å². The molecule has 2 amide bonds. The molecule has 154 valence electrons. The molecule has 0 saturated carbocycles. The summed E-state index contributed by atoms with van der Waals surface area (Å²) >= 11 is 0. The minimum atomic E-state index is -0.805. The van der Waals surface area contributed by atoms with Crippen LogP contribution in [0, 0.1) is 0 Å². The first kappa shape index (κ1) is 20.9. The van der Waals surface area contributed by atoms with Crippen LogP contribution in [0.5, 0.6) is 0 Å². The third kappa shape index (κ3) is 5.57. The van der Waals surface area contributed by atoms with Crippen LogP contribution < -0.4 is 10.6 Å². The van der Waals surface area contributed by atoms with Crippen molar-refractivity contribution in [2.24, 2.45) is 0 Å². The zero-order chi connectivity index (χ0) is 21.5. The lowest BCUT2D eigenvalue weighted by atomic mass is 10.2. The van der Waals surface area contributed by atoms with Crippen molar-refractivity contribution in [2.75, 3.05) is 6.61 Å². The van der Waals surface area contributed by atoms with Gasteiger partial charge in [-0.2, -0.15) is 0 Å². The highest BCUT2D eigenvalue weighted by molar-refractivity contribution is 5.98. The monoisotopic (exact) mass is 406 g/mol. The van der Waals surface area contributed by atoms with Gasteiger partial charge < -0.3 is 19.8 Å². The number of benzene rings is 2. The lowest BCUT2D eigenvalue weighted by Crippen LogP contribution is -2.33. The molecule has 0 aliphatic carbocycles. The Morgan fingerprint density at radius 1 is 1.07 bits per heavy atom. The number of carbonyl (C=O) groups excluding carboxylic acids is 3. The van der Waals surface area contributed by atoms with E-state index in [1.807, 2.05) is 36.4 Å². The van der Waals surface area contributed by atoms with Crippen LogP contribution in [0.25, 0.3) is 17.0 Å². The van der Waals surface area contributed by atoms with Crippen LogP contribution in [-0.4, -0.2) is 24.4 Å². The summed E-state index contributed by atoms with van der Waals surface area (Å²) < 4.78 is 10.8. The van der Waals surface area contributed by atoms with Crippen molar-refractivity contribution in [3.8, 4) is 0 Å². The summed E-state index contributed by atoms with van der Waals surface area (Å²) in [5.74, 6) is -1.12. The summed E-state index contributed by atoms with van der Waals surface area (Å²) in [6, 6.07) is 18.0. The van der Waals surface area contributed by atoms with E-state index in [2.05, 4.69) is 10.6 Å². The van der Waals surface area contributed by atoms with Gasteiger partial charge in [0.05, 0.1) is 6.04 Å². The van der Waals surface area contributed by atoms with Crippen molar-refractivity contribution in [3.05, 3.63) is 77.7 Å². The second kappa shape index (κ2) is 9.56. The number of rotatable bonds is 7. The number of fused-ring (bicyclic) bond motifs is 1. The second-order valence-corrected chi connectivity index (χ2v) is 6.70. The Morgan fingerprint density at radius 2 is 1.77 bits per heavy atom. The van der Waals surface area contributed by atoms with Gasteiger partial charge in [-0.25, -0.2) is 4.79 Å². The zero-order valence-corrected chi connectivity index (χ0v) is 16.7. The quantitative estimate of drug-likeness (QED) is 0.463. The molecule has 7 heteroatoms. The number of furan rings is 1. The van der Waals surface area contributed by atoms with Crippen LogP contribution in [0.4, 0.5) is 0 Å². The van der Waals surface area contributed by atoms with Crippen LogP contribution in [0.1, 0.15) is 31.2 Å². The van der Waals surface area contributed by atoms with Gasteiger partial charge in [0, 0.05) is 12.3 Å². The van der Waals surface area contributed by atoms with Gasteiger partial charge in [0.1, 0.15) is 17.0 Å². The van der Waals surface area contributed by atoms with Gasteiger partial charge in [-0.1, -0.05) is 48.5 Å². The summed E-state index contributed by atoms with van der Waals surface area (Å²) in [6.07, 6.45) is 1.48. The molecule has 1 aromatic heterocycles. The van der Waals surface area contributed by atoms with E-state index in [4.69, 9.17) is 9.15 Å². The minimum Gasteiger partial charge on any atom is -0.459 e. The SMILES string of the molecule is CC(=O)N/C(=C\c1ccccc1)C(=O)OCC(=O)N[C@@H](C)c1cc2ccccc2o1. The van der Waals surface area contributed by atoms with Crippen LogP contribution in [0.15, 0.2) is 70.8 Å². The number of hydrogen-bond donors (Lipinski definition) is 2. The fraction of sp³-hybridized carbons (Fsp3) is 0.174. The largest absolute Gasteiger partial charge is 0.459 e. The number of hydrogen-bond acceptors (Lipinski definition) is 5. The Hall–Kier alpha value is -3.87. The maximum absolute atomic E-state index is 12.4. The fourth-order valence-electron chi connectivity index (χ4n) is 2.83. The molecule has 0 spiro atoms. The van der Waals surface area contributed by atoms with Gasteiger partial charge in [-0.05, 0) is 30.7 Å². The summed E-state index contributed by atoms with van der Waals surface area (Å²) in [5.41, 5.74) is 1.39. The Labute approximate surface area is 173 Å². The summed E-state index contributed by atoms with van der Waals surface area (Å²) in [6.45, 7) is 2.57. The molecule has 0 radical (unpaired) electrons. The Morgan fingerprint density at radius 3 is 2.47 bits per heavy atom. The van der Waals surface area contributed by atoms with Crippen molar-refractivity contribution in [1.29, 1.82) is 0 Å². The van der Waals surface area contributed by atoms with E-state index in [1.54, 1.807) is 31.2 Å². The van der Waals surface area contributed by atoms with Crippen molar-refractivity contribution in [2.45, 2.75) is 19.9 Å². The van der Waals surface area contributed by atoms with Crippen LogP contribution in [0.2, 0.25) is 0 Å². The third-order valence-corrected chi connectivity index (χ3v) is 4.22. The van der Waals surface area contributed by atoms with Crippen molar-refractivity contribution < 1.29 is 23.5 Å². The molecule has 3 aromatic rings. The van der Waals surface area contributed by atoms with Crippen LogP contribution in [-0.2, 0) is 19.1 Å². The standard InChI is InChI=1S/C23H22N2O5/c1-15(21-13-18-10-6-7-11-20(18)30-21)24-22(27)14-29-23(28)19(25-16(2)26)12-17-8-4-3-5-9-17/h3-13,15H,14H2,1-2H3,(H,24,27)(H,25,26)/b19-12-/t15-/m0/s1. The molecule has 0 aliphatic heterocycles. The molecule has 0 unspecified atom stereocenters. The van der Waals surface area contributed by atoms with E-state index in [0.717, 1.165) is 11.0 Å². The van der Waals surface area contributed by atoms with Gasteiger partial charge in [-0.3, -0.25) is 9.59 Å². The zero-order valence-electron chi connectivity index (χ0n) is 16.7. The molecule has 1 heterocycles. The summed E-state index contributed by atoms with van der Waals surface area (Å²) in [4.78, 5) is 36.0. The number of nitrogens with one attached hydrogen (secondary N) is 2. The van der Waals surface area contributed by atoms with E-state index < -0.39 is 30.4 Å². The molecular weight excluding hydrogens is 384 g/mol. The third-order valence-electron chi connectivity index (χ3n) is 4.22. The average molecular weight is 406 g/mol. The highest BCUT2D eigenvalue weighted by Crippen LogP contribution is 2.23. The van der Waals surface area contributed by atoms with E-state index in [9.17, 15) is 14.4 Å². The lowest BCUT2D eigenvalue weighted by molar-refractivity contribution is -0.145. The normalized spacial score (nSPS) is 12.3. The molecule has 3 rings (SSSR count). The molecule has 7 nitrogen and oxygen atoms in total. The molecule has 30 heavy (non-hydrogen) atoms. The molecule has 2 aromatic carbocycles. The first-order chi connectivity index (χ1) is 14.4. The van der Waals surface area contributed by atoms with Gasteiger partial charge in [-0.15, -0.1) is 0 Å². The summed E-state index contributed by atoms with van der Waals surface area (Å²) in [5, 5.41) is 6.10. The molecule has 1 atom stereocenters. The predicted molar refractivity (Wildman–Crippen MR) is 112 cm³/mol. The number of amides is 2. The van der Waals surface area contributed by atoms with Crippen molar-refractivity contribution in [1.82, 2.24) is 10.6 Å². The van der Waals surface area contributed by atoms with Crippen molar-refractivity contribution >= 4 is 34.8 Å². The first-order valence-electron chi connectivity index (χ1n) is 9.41. The van der Waals surface area contributed by atoms with Crippen LogP contribution >= 0.6 is 0 Å². The maximum atomic E-state index is 12.4. The van der Waals surface area contributed by atoms with Crippen LogP contribution in [0.3, 0.4) is 0 Å². The van der Waals surface area contributed by atoms with Gasteiger partial charge in [0.25, 0.3) is 5.91 Å². The number of carbonyl (C=O) groups is 3. The molecule has 0 fully saturated rings. The first-order valence-corrected chi connectivity index (χ1v) is 9.41. The summed E-state index contributed by atoms with van der Waals surface area (Å²) in [7, 11) is 0. The minimum absolute atomic E-state index is 0.0492. The number of esters is 1. The maximum Gasteiger partial charge on any atom is 0.355 e. The average Bonchev–Trinajstić information content (AvgIpc) is 3.16. The lowest BCUT2D eigenvalue weighted by Gasteiger charge is -2.12. The van der Waals surface area contributed by atoms with E-state index >= 15 is 0 Å². The Kier molecular flexibility index (Phi) is 6.64.